The average Bonchev–Trinajstić information content (AvgIpc) is 1.76. The summed E-state index contributed by atoms with van der Waals surface area (Å²) in [6.45, 7) is 36.3. The highest BCUT2D eigenvalue weighted by atomic mass is 32.1. The van der Waals surface area contributed by atoms with Gasteiger partial charge in [-0.3, -0.25) is 52.7 Å². The SMILES string of the molecule is CCC(=O)c1ncc(C)s1.CCCC(=O)c1ncc(C)s1.CCOCN(CCOC)C(=O)c1ncc(C)s1.COCN(C)C(=O)c1ncc(C)s1.Cc1cnc(C(=O)CC2CCOCC2)s1.Cc1cnc(C(=O)CCCN(C)C)s1.Cc1cnc(C(=O)CCCO)s1.Cc1cnc(C(=O)CCOCO)s1.Cc1cnc(C(=O)N(C)C)s1.Cc1cnc(C(N)=O)s1.Cc1cnc(NCCC(=O)O)s1.Cc1cnc(NCCCN(C)C)s1. The van der Waals surface area contributed by atoms with E-state index in [2.05, 4.69) is 106 Å². The number of ether oxygens (including phenoxy) is 5. The Kier molecular flexibility index (Phi) is 71.9. The third kappa shape index (κ3) is 61.2. The molecule has 39 nitrogen and oxygen atoms in total. The number of nitrogens with one attached hydrogen (secondary N) is 2. The van der Waals surface area contributed by atoms with Crippen molar-refractivity contribution in [2.45, 2.75) is 187 Å². The number of Topliss-reactive ketones (excluding diaryl/α,β-unsaturated/α-hetero) is 6. The first-order valence-electron chi connectivity index (χ1n) is 47.6. The highest BCUT2D eigenvalue weighted by Gasteiger charge is 2.23. The molecule has 0 aromatic carbocycles. The molecule has 0 unspecified atom stereocenters. The van der Waals surface area contributed by atoms with Crippen molar-refractivity contribution in [2.24, 2.45) is 11.7 Å². The first-order valence-corrected chi connectivity index (χ1v) is 57.4. The van der Waals surface area contributed by atoms with Gasteiger partial charge in [-0.05, 0) is 176 Å². The van der Waals surface area contributed by atoms with Crippen LogP contribution in [0.2, 0.25) is 0 Å². The van der Waals surface area contributed by atoms with Crippen molar-refractivity contribution >= 4 is 211 Å². The fourth-order valence-corrected chi connectivity index (χ4v) is 19.7. The number of rotatable bonds is 43. The van der Waals surface area contributed by atoms with Crippen molar-refractivity contribution in [1.82, 2.24) is 84.3 Å². The largest absolute Gasteiger partial charge is 0.481 e. The minimum absolute atomic E-state index is 0.0249. The molecule has 0 spiro atoms. The van der Waals surface area contributed by atoms with Crippen LogP contribution in [0, 0.1) is 89.0 Å². The minimum atomic E-state index is -0.796. The van der Waals surface area contributed by atoms with Crippen molar-refractivity contribution in [3.05, 3.63) is 183 Å². The second kappa shape index (κ2) is 79.2. The Morgan fingerprint density at radius 3 is 1.05 bits per heavy atom. The number of nitrogens with two attached hydrogens (primary N) is 1. The molecule has 13 rings (SSSR count). The lowest BCUT2D eigenvalue weighted by Crippen LogP contribution is -2.35. The van der Waals surface area contributed by atoms with Gasteiger partial charge in [0.15, 0.2) is 95.0 Å². The van der Waals surface area contributed by atoms with E-state index in [4.69, 9.17) is 40.0 Å². The number of anilines is 2. The highest BCUT2D eigenvalue weighted by Crippen LogP contribution is 2.26. The summed E-state index contributed by atoms with van der Waals surface area (Å²) in [5, 5.41) is 38.8. The molecule has 150 heavy (non-hydrogen) atoms. The van der Waals surface area contributed by atoms with Gasteiger partial charge in [0, 0.05) is 253 Å². The van der Waals surface area contributed by atoms with Gasteiger partial charge in [0.25, 0.3) is 23.6 Å². The molecule has 0 atom stereocenters. The molecule has 4 amide bonds. The normalized spacial score (nSPS) is 11.0. The molecule has 1 aliphatic heterocycles. The first kappa shape index (κ1) is 136. The number of aryl methyl sites for hydroxylation is 12. The number of carbonyl (C=O) groups excluding carboxylic acids is 10. The van der Waals surface area contributed by atoms with E-state index < -0.39 is 11.9 Å². The Bertz CT molecular complexity index is 5850. The quantitative estimate of drug-likeness (QED) is 0.0117. The molecular formula is C99H146N20O19S12. The zero-order valence-corrected chi connectivity index (χ0v) is 99.8. The van der Waals surface area contributed by atoms with E-state index in [-0.39, 0.29) is 98.7 Å². The number of aromatic nitrogens is 12. The van der Waals surface area contributed by atoms with E-state index in [1.54, 1.807) is 120 Å². The van der Waals surface area contributed by atoms with Crippen LogP contribution in [0.4, 0.5) is 10.3 Å². The molecule has 12 aromatic heterocycles. The number of methoxy groups -OCH3 is 2. The van der Waals surface area contributed by atoms with Crippen LogP contribution in [0.3, 0.4) is 0 Å². The van der Waals surface area contributed by atoms with Gasteiger partial charge in [-0.25, -0.2) is 59.8 Å². The molecule has 12 aromatic rings. The maximum atomic E-state index is 12.1. The van der Waals surface area contributed by atoms with Crippen LogP contribution in [0.1, 0.15) is 261 Å². The fourth-order valence-electron chi connectivity index (χ4n) is 11.0. The second-order valence-electron chi connectivity index (χ2n) is 33.1. The van der Waals surface area contributed by atoms with Gasteiger partial charge >= 0.3 is 5.97 Å². The van der Waals surface area contributed by atoms with E-state index >= 15 is 0 Å². The molecule has 1 saturated heterocycles. The number of carboxylic acid groups (broad SMARTS) is 1. The predicted octanol–water partition coefficient (Wildman–Crippen LogP) is 18.8. The van der Waals surface area contributed by atoms with Crippen molar-refractivity contribution in [2.75, 3.05) is 167 Å². The van der Waals surface area contributed by atoms with Crippen molar-refractivity contribution < 1.29 is 91.7 Å². The topological polar surface area (TPSA) is 516 Å². The Balaban J connectivity index is 0.000000554. The lowest BCUT2D eigenvalue weighted by atomic mass is 9.94. The molecule has 0 bridgehead atoms. The maximum absolute atomic E-state index is 12.1. The summed E-state index contributed by atoms with van der Waals surface area (Å²) in [5.74, 6) is -0.307. The van der Waals surface area contributed by atoms with Crippen LogP contribution in [0.25, 0.3) is 0 Å². The van der Waals surface area contributed by atoms with E-state index in [0.717, 1.165) is 129 Å². The van der Waals surface area contributed by atoms with Gasteiger partial charge in [0.2, 0.25) is 0 Å². The van der Waals surface area contributed by atoms with Gasteiger partial charge in [0.1, 0.15) is 20.3 Å². The number of nitrogens with zero attached hydrogens (tertiary/aromatic N) is 17. The Morgan fingerprint density at radius 2 is 0.727 bits per heavy atom. The Labute approximate surface area is 927 Å². The number of aliphatic hydroxyl groups excluding tert-OH is 2. The number of primary amides is 1. The van der Waals surface area contributed by atoms with Gasteiger partial charge < -0.3 is 79.9 Å². The number of thiazole rings is 12. The number of carbonyl (C=O) groups is 11. The van der Waals surface area contributed by atoms with Crippen molar-refractivity contribution in [3.63, 3.8) is 0 Å². The third-order valence-electron chi connectivity index (χ3n) is 18.4. The van der Waals surface area contributed by atoms with Gasteiger partial charge in [0.05, 0.1) is 19.6 Å². The summed E-state index contributed by atoms with van der Waals surface area (Å²) in [7, 11) is 16.5. The van der Waals surface area contributed by atoms with E-state index in [0.29, 0.717) is 121 Å². The van der Waals surface area contributed by atoms with Crippen molar-refractivity contribution in [3.8, 4) is 0 Å². The lowest BCUT2D eigenvalue weighted by molar-refractivity contribution is -0.136. The molecule has 0 aliphatic carbocycles. The number of ketones is 6. The van der Waals surface area contributed by atoms with Crippen LogP contribution < -0.4 is 16.4 Å². The smallest absolute Gasteiger partial charge is 0.305 e. The standard InChI is InChI=1S/C11H18N2O3S.C11H15NO2S.C10H16N2OS.C9H17N3S.C8H12N2O2S.C8H11NO3S.C8H11NO2S.C8H11NOS.C7H10N2O2S.C7H10N2OS.C7H9NOS.C5H6N2OS/c1-4-16-8-13(5-6-15-3)11(14)10-12-7-9(2)17-10;1-8-7-12-11(15-8)10(13)6-9-2-4-14-5-3-9;1-8-7-11-10(14-8)9(13)5-4-6-12(2)3;1-8-7-11-9(13-8)10-5-4-6-12(2)3;1-6-4-9-7(13-6)8(11)10(2)5-12-3;1-6-4-9-8(13-6)7(11)2-3-12-5-10;1-6-5-9-8(12-6)7(11)3-2-4-10;1-3-4-7(10)8-9-5-6(2)11-8;1-5-4-9-7(12-5)8-3-2-6(10)11;1-5-4-8-6(11-5)7(10)9(2)3;1-3-6(9)7-8-4-5(2)10-7;1-3-2-7-5(9-3)4(6)8/h7H,4-6,8H2,1-3H3;7,9H,2-6H2,1H3;7H,4-6H2,1-3H3;7H,4-6H2,1-3H3,(H,10,11);4H,5H2,1-3H3;4,10H,2-3,5H2,1H3;5,10H,2-4H2,1H3;5H,3-4H2,1-2H3;4H,2-3H2,1H3,(H,8,9)(H,10,11);4H,1-3H3;4H,3H2,1-2H3;2H,1H3,(H2,6,8). The van der Waals surface area contributed by atoms with E-state index in [1.165, 1.54) is 139 Å². The van der Waals surface area contributed by atoms with Gasteiger partial charge in [-0.15, -0.1) is 136 Å². The zero-order valence-electron chi connectivity index (χ0n) is 90.1. The second-order valence-corrected chi connectivity index (χ2v) is 47.9. The predicted molar refractivity (Wildman–Crippen MR) is 606 cm³/mol. The molecular weight excluding hydrogens is 2160 g/mol. The average molecular weight is 2310 g/mol. The van der Waals surface area contributed by atoms with Crippen LogP contribution in [-0.2, 0) is 28.5 Å². The van der Waals surface area contributed by atoms with E-state index in [9.17, 15) is 52.7 Å². The molecule has 0 radical (unpaired) electrons. The molecule has 828 valence electrons. The molecule has 0 saturated carbocycles. The Morgan fingerprint density at radius 1 is 0.380 bits per heavy atom. The molecule has 1 aliphatic rings. The summed E-state index contributed by atoms with van der Waals surface area (Å²) in [5.41, 5.74) is 4.94. The maximum Gasteiger partial charge on any atom is 0.305 e. The summed E-state index contributed by atoms with van der Waals surface area (Å²) >= 11 is 17.4. The lowest BCUT2D eigenvalue weighted by Gasteiger charge is -2.20. The summed E-state index contributed by atoms with van der Waals surface area (Å²) in [6, 6.07) is 0. The first-order chi connectivity index (χ1) is 71.3. The van der Waals surface area contributed by atoms with Crippen LogP contribution in [-0.4, -0.2) is 320 Å². The van der Waals surface area contributed by atoms with Crippen molar-refractivity contribution in [1.29, 1.82) is 0 Å². The van der Waals surface area contributed by atoms with Crippen LogP contribution >= 0.6 is 136 Å². The van der Waals surface area contributed by atoms with Gasteiger partial charge in [-0.1, -0.05) is 13.8 Å². The number of aliphatic carboxylic acids is 1. The molecule has 51 heteroatoms. The molecule has 1 fully saturated rings. The van der Waals surface area contributed by atoms with E-state index in [1.807, 2.05) is 117 Å². The van der Waals surface area contributed by atoms with Gasteiger partial charge in [-0.2, -0.15) is 0 Å². The fraction of sp³-hybridized carbons (Fsp3) is 0.525. The highest BCUT2D eigenvalue weighted by molar-refractivity contribution is 7.17. The number of hydrogen-bond donors (Lipinski definition) is 6. The monoisotopic (exact) mass is 2300 g/mol. The Hall–Kier alpha value is -9.83. The number of hydrogen-bond acceptors (Lipinski definition) is 46. The van der Waals surface area contributed by atoms with Crippen LogP contribution in [0.5, 0.6) is 0 Å². The minimum Gasteiger partial charge on any atom is -0.481 e. The molecule has 13 heterocycles. The summed E-state index contributed by atoms with van der Waals surface area (Å²) < 4.78 is 25.0. The zero-order chi connectivity index (χ0) is 112. The third-order valence-corrected chi connectivity index (χ3v) is 29.5. The molecule has 7 N–H and O–H groups in total. The number of carboxylic acids is 1. The number of aliphatic hydroxyl groups is 2. The van der Waals surface area contributed by atoms with Crippen LogP contribution in [0.15, 0.2) is 74.4 Å². The summed E-state index contributed by atoms with van der Waals surface area (Å²) in [6.07, 6.45) is 29.5. The number of amides is 4. The summed E-state index contributed by atoms with van der Waals surface area (Å²) in [4.78, 5) is 194.